The van der Waals surface area contributed by atoms with Crippen LogP contribution in [-0.4, -0.2) is 38.1 Å². The molecule has 1 amide bonds. The zero-order chi connectivity index (χ0) is 19.1. The van der Waals surface area contributed by atoms with E-state index in [0.29, 0.717) is 25.5 Å². The summed E-state index contributed by atoms with van der Waals surface area (Å²) in [5.74, 6) is 1.66. The summed E-state index contributed by atoms with van der Waals surface area (Å²) in [6.07, 6.45) is 0.457. The molecule has 1 aliphatic heterocycles. The SMILES string of the molecule is CCNC(=NCc1cccc(OC)c1)NC1CC(=O)N(c2ccccc2)C1.I. The third kappa shape index (κ3) is 5.85. The van der Waals surface area contributed by atoms with Crippen LogP contribution in [0.4, 0.5) is 5.69 Å². The smallest absolute Gasteiger partial charge is 0.229 e. The maximum absolute atomic E-state index is 12.4. The number of halogens is 1. The van der Waals surface area contributed by atoms with Crippen molar-refractivity contribution in [1.29, 1.82) is 0 Å². The summed E-state index contributed by atoms with van der Waals surface area (Å²) in [6.45, 7) is 3.95. The highest BCUT2D eigenvalue weighted by Crippen LogP contribution is 2.21. The first-order valence-electron chi connectivity index (χ1n) is 9.22. The predicted octanol–water partition coefficient (Wildman–Crippen LogP) is 3.17. The fourth-order valence-electron chi connectivity index (χ4n) is 3.12. The maximum atomic E-state index is 12.4. The number of carbonyl (C=O) groups excluding carboxylic acids is 1. The van der Waals surface area contributed by atoms with Crippen molar-refractivity contribution in [2.75, 3.05) is 25.1 Å². The number of ether oxygens (including phenoxy) is 1. The van der Waals surface area contributed by atoms with E-state index < -0.39 is 0 Å². The average Bonchev–Trinajstić information content (AvgIpc) is 3.07. The highest BCUT2D eigenvalue weighted by atomic mass is 127. The van der Waals surface area contributed by atoms with Crippen LogP contribution in [0.2, 0.25) is 0 Å². The van der Waals surface area contributed by atoms with Crippen LogP contribution in [0.25, 0.3) is 0 Å². The van der Waals surface area contributed by atoms with Gasteiger partial charge in [0.05, 0.1) is 19.7 Å². The molecule has 28 heavy (non-hydrogen) atoms. The first-order chi connectivity index (χ1) is 13.2. The van der Waals surface area contributed by atoms with Gasteiger partial charge in [0.25, 0.3) is 0 Å². The fourth-order valence-corrected chi connectivity index (χ4v) is 3.12. The number of anilines is 1. The Morgan fingerprint density at radius 3 is 2.71 bits per heavy atom. The molecule has 2 aromatic carbocycles. The Morgan fingerprint density at radius 1 is 1.21 bits per heavy atom. The molecule has 0 spiro atoms. The molecule has 1 fully saturated rings. The van der Waals surface area contributed by atoms with Gasteiger partial charge in [-0.2, -0.15) is 0 Å². The second kappa shape index (κ2) is 10.9. The summed E-state index contributed by atoms with van der Waals surface area (Å²) in [4.78, 5) is 18.9. The summed E-state index contributed by atoms with van der Waals surface area (Å²) in [6, 6.07) is 17.7. The summed E-state index contributed by atoms with van der Waals surface area (Å²) in [7, 11) is 1.66. The van der Waals surface area contributed by atoms with Crippen LogP contribution in [0, 0.1) is 0 Å². The van der Waals surface area contributed by atoms with Crippen molar-refractivity contribution < 1.29 is 9.53 Å². The Labute approximate surface area is 183 Å². The lowest BCUT2D eigenvalue weighted by molar-refractivity contribution is -0.117. The van der Waals surface area contributed by atoms with Gasteiger partial charge in [-0.15, -0.1) is 24.0 Å². The van der Waals surface area contributed by atoms with E-state index in [2.05, 4.69) is 15.6 Å². The van der Waals surface area contributed by atoms with Crippen LogP contribution in [0.5, 0.6) is 5.75 Å². The van der Waals surface area contributed by atoms with E-state index in [4.69, 9.17) is 4.74 Å². The lowest BCUT2D eigenvalue weighted by Gasteiger charge is -2.19. The Bertz CT molecular complexity index is 798. The topological polar surface area (TPSA) is 66.0 Å². The number of hydrogen-bond donors (Lipinski definition) is 2. The lowest BCUT2D eigenvalue weighted by Crippen LogP contribution is -2.44. The van der Waals surface area contributed by atoms with Crippen LogP contribution in [0.3, 0.4) is 0 Å². The minimum absolute atomic E-state index is 0. The summed E-state index contributed by atoms with van der Waals surface area (Å²) >= 11 is 0. The molecule has 0 aromatic heterocycles. The van der Waals surface area contributed by atoms with Crippen LogP contribution >= 0.6 is 24.0 Å². The molecule has 0 aliphatic carbocycles. The van der Waals surface area contributed by atoms with Crippen LogP contribution in [0.1, 0.15) is 18.9 Å². The molecule has 1 unspecified atom stereocenters. The van der Waals surface area contributed by atoms with Gasteiger partial charge < -0.3 is 20.3 Å². The quantitative estimate of drug-likeness (QED) is 0.368. The highest BCUT2D eigenvalue weighted by Gasteiger charge is 2.31. The predicted molar refractivity (Wildman–Crippen MR) is 124 cm³/mol. The first-order valence-corrected chi connectivity index (χ1v) is 9.22. The van der Waals surface area contributed by atoms with Crippen LogP contribution in [-0.2, 0) is 11.3 Å². The molecule has 1 saturated heterocycles. The number of rotatable bonds is 6. The number of aliphatic imine (C=N–C) groups is 1. The lowest BCUT2D eigenvalue weighted by atomic mass is 10.2. The zero-order valence-corrected chi connectivity index (χ0v) is 18.6. The standard InChI is InChI=1S/C21H26N4O2.HI/c1-3-22-21(23-14-16-8-7-11-19(12-16)27-2)24-17-13-20(26)25(15-17)18-9-5-4-6-10-18;/h4-12,17H,3,13-15H2,1-2H3,(H2,22,23,24);1H. The van der Waals surface area contributed by atoms with Gasteiger partial charge in [0.1, 0.15) is 5.75 Å². The third-order valence-electron chi connectivity index (χ3n) is 4.43. The largest absolute Gasteiger partial charge is 0.497 e. The summed E-state index contributed by atoms with van der Waals surface area (Å²) < 4.78 is 5.26. The van der Waals surface area contributed by atoms with Crippen molar-refractivity contribution in [1.82, 2.24) is 10.6 Å². The van der Waals surface area contributed by atoms with Gasteiger partial charge in [-0.05, 0) is 36.8 Å². The van der Waals surface area contributed by atoms with E-state index in [1.807, 2.05) is 66.4 Å². The van der Waals surface area contributed by atoms with Gasteiger partial charge in [-0.25, -0.2) is 4.99 Å². The molecule has 1 aliphatic rings. The number of amides is 1. The van der Waals surface area contributed by atoms with Crippen molar-refractivity contribution in [2.45, 2.75) is 25.9 Å². The molecule has 2 N–H and O–H groups in total. The number of nitrogens with zero attached hydrogens (tertiary/aromatic N) is 2. The van der Waals surface area contributed by atoms with Crippen molar-refractivity contribution >= 4 is 41.5 Å². The Kier molecular flexibility index (Phi) is 8.56. The third-order valence-corrected chi connectivity index (χ3v) is 4.43. The molecule has 3 rings (SSSR count). The number of nitrogens with one attached hydrogen (secondary N) is 2. The van der Waals surface area contributed by atoms with E-state index in [1.54, 1.807) is 7.11 Å². The highest BCUT2D eigenvalue weighted by molar-refractivity contribution is 14.0. The molecular weight excluding hydrogens is 467 g/mol. The van der Waals surface area contributed by atoms with E-state index in [1.165, 1.54) is 0 Å². The van der Waals surface area contributed by atoms with Crippen molar-refractivity contribution in [3.05, 3.63) is 60.2 Å². The van der Waals surface area contributed by atoms with Gasteiger partial charge in [0.2, 0.25) is 5.91 Å². The number of methoxy groups -OCH3 is 1. The molecule has 0 bridgehead atoms. The van der Waals surface area contributed by atoms with Gasteiger partial charge >= 0.3 is 0 Å². The maximum Gasteiger partial charge on any atom is 0.229 e. The number of carbonyl (C=O) groups is 1. The Morgan fingerprint density at radius 2 is 2.00 bits per heavy atom. The van der Waals surface area contributed by atoms with Gasteiger partial charge in [0, 0.05) is 25.2 Å². The van der Waals surface area contributed by atoms with E-state index in [9.17, 15) is 4.79 Å². The van der Waals surface area contributed by atoms with Crippen LogP contribution < -0.4 is 20.3 Å². The molecule has 7 heteroatoms. The first kappa shape index (κ1) is 22.0. The number of benzene rings is 2. The normalized spacial score (nSPS) is 16.5. The van der Waals surface area contributed by atoms with E-state index in [-0.39, 0.29) is 35.9 Å². The monoisotopic (exact) mass is 494 g/mol. The fraction of sp³-hybridized carbons (Fsp3) is 0.333. The average molecular weight is 494 g/mol. The van der Waals surface area contributed by atoms with Crippen molar-refractivity contribution in [3.8, 4) is 5.75 Å². The molecule has 0 radical (unpaired) electrons. The molecule has 6 nitrogen and oxygen atoms in total. The summed E-state index contributed by atoms with van der Waals surface area (Å²) in [5.41, 5.74) is 2.00. The van der Waals surface area contributed by atoms with E-state index in [0.717, 1.165) is 23.5 Å². The molecule has 1 heterocycles. The molecule has 1 atom stereocenters. The van der Waals surface area contributed by atoms with Gasteiger partial charge in [0.15, 0.2) is 5.96 Å². The van der Waals surface area contributed by atoms with Gasteiger partial charge in [-0.1, -0.05) is 30.3 Å². The van der Waals surface area contributed by atoms with Gasteiger partial charge in [-0.3, -0.25) is 4.79 Å². The second-order valence-corrected chi connectivity index (χ2v) is 6.43. The minimum Gasteiger partial charge on any atom is -0.497 e. The molecule has 2 aromatic rings. The molecule has 0 saturated carbocycles. The number of para-hydroxylation sites is 1. The minimum atomic E-state index is 0. The second-order valence-electron chi connectivity index (χ2n) is 6.43. The zero-order valence-electron chi connectivity index (χ0n) is 16.2. The van der Waals surface area contributed by atoms with Crippen molar-refractivity contribution in [3.63, 3.8) is 0 Å². The summed E-state index contributed by atoms with van der Waals surface area (Å²) in [5, 5.41) is 6.65. The Hall–Kier alpha value is -2.29. The molecule has 150 valence electrons. The van der Waals surface area contributed by atoms with Crippen LogP contribution in [0.15, 0.2) is 59.6 Å². The van der Waals surface area contributed by atoms with Crippen molar-refractivity contribution in [2.24, 2.45) is 4.99 Å². The molecular formula is C21H27IN4O2. The number of hydrogen-bond acceptors (Lipinski definition) is 3. The number of guanidine groups is 1. The Balaban J connectivity index is 0.00000280. The van der Waals surface area contributed by atoms with E-state index >= 15 is 0 Å².